The van der Waals surface area contributed by atoms with Gasteiger partial charge >= 0.3 is 0 Å². The number of carbonyl (C=O) groups excluding carboxylic acids is 1. The van der Waals surface area contributed by atoms with Crippen LogP contribution in [0.15, 0.2) is 113 Å². The maximum Gasteiger partial charge on any atom is 0.281 e. The predicted octanol–water partition coefficient (Wildman–Crippen LogP) is 5.32. The number of benzene rings is 4. The fraction of sp³-hybridized carbons (Fsp3) is 0.0714. The molecule has 9 heteroatoms. The number of hydrogen-bond donors (Lipinski definition) is 2. The first-order valence-corrected chi connectivity index (χ1v) is 12.0. The second kappa shape index (κ2) is 11.6. The molecule has 0 unspecified atom stereocenters. The lowest BCUT2D eigenvalue weighted by Gasteiger charge is -2.27. The molecule has 8 nitrogen and oxygen atoms in total. The third-order valence-corrected chi connectivity index (χ3v) is 6.12. The second-order valence-electron chi connectivity index (χ2n) is 8.04. The van der Waals surface area contributed by atoms with Gasteiger partial charge in [0.05, 0.1) is 11.1 Å². The molecule has 0 aliphatic carbocycles. The number of hydrogen-bond acceptors (Lipinski definition) is 6. The Bertz CT molecular complexity index is 1370. The first-order chi connectivity index (χ1) is 17.9. The molecule has 4 aromatic carbocycles. The van der Waals surface area contributed by atoms with Gasteiger partial charge in [-0.05, 0) is 34.9 Å². The van der Waals surface area contributed by atoms with E-state index in [4.69, 9.17) is 4.74 Å². The van der Waals surface area contributed by atoms with Gasteiger partial charge in [-0.2, -0.15) is 5.10 Å². The molecule has 0 saturated heterocycles. The molecule has 2 N–H and O–H groups in total. The molecular formula is C28H22BrN3O5. The van der Waals surface area contributed by atoms with Crippen LogP contribution in [0.4, 0.5) is 5.69 Å². The summed E-state index contributed by atoms with van der Waals surface area (Å²) < 4.78 is 6.80. The van der Waals surface area contributed by atoms with Crippen molar-refractivity contribution in [3.63, 3.8) is 0 Å². The van der Waals surface area contributed by atoms with Gasteiger partial charge in [0.1, 0.15) is 12.4 Å². The number of hydrazone groups is 1. The number of nitro benzene ring substituents is 1. The fourth-order valence-corrected chi connectivity index (χ4v) is 3.92. The molecule has 0 fully saturated rings. The summed E-state index contributed by atoms with van der Waals surface area (Å²) in [6.07, 6.45) is 1.25. The van der Waals surface area contributed by atoms with E-state index in [1.54, 1.807) is 60.7 Å². The quantitative estimate of drug-likeness (QED) is 0.163. The number of ether oxygens (including phenoxy) is 1. The molecule has 0 aliphatic rings. The predicted molar refractivity (Wildman–Crippen MR) is 143 cm³/mol. The van der Waals surface area contributed by atoms with Crippen molar-refractivity contribution < 1.29 is 19.6 Å². The normalized spacial score (nSPS) is 11.3. The number of amides is 1. The molecule has 0 spiro atoms. The highest BCUT2D eigenvalue weighted by Gasteiger charge is 2.39. The van der Waals surface area contributed by atoms with Crippen LogP contribution in [0.2, 0.25) is 0 Å². The Balaban J connectivity index is 1.58. The standard InChI is InChI=1S/C28H22BrN3O5/c29-24-13-11-20(12-14-24)19-37-26-16-15-25(32(35)36)17-21(26)18-30-31-27(33)28(34,22-7-3-1-4-8-22)23-9-5-2-6-10-23/h1-18,34H,19H2,(H,31,33)/b30-18+. The van der Waals surface area contributed by atoms with Crippen LogP contribution in [0, 0.1) is 10.1 Å². The van der Waals surface area contributed by atoms with Crippen molar-refractivity contribution >= 4 is 33.7 Å². The molecule has 0 bridgehead atoms. The summed E-state index contributed by atoms with van der Waals surface area (Å²) in [6, 6.07) is 28.7. The van der Waals surface area contributed by atoms with Gasteiger partial charge in [-0.1, -0.05) is 88.7 Å². The first-order valence-electron chi connectivity index (χ1n) is 11.2. The largest absolute Gasteiger partial charge is 0.488 e. The molecule has 1 amide bonds. The third-order valence-electron chi connectivity index (χ3n) is 5.59. The van der Waals surface area contributed by atoms with E-state index in [-0.39, 0.29) is 17.9 Å². The molecule has 186 valence electrons. The van der Waals surface area contributed by atoms with Gasteiger partial charge in [-0.15, -0.1) is 0 Å². The SMILES string of the molecule is O=C(N/N=C/c1cc([N+](=O)[O-])ccc1OCc1ccc(Br)cc1)C(O)(c1ccccc1)c1ccccc1. The molecule has 0 aromatic heterocycles. The van der Waals surface area contributed by atoms with Crippen molar-refractivity contribution in [1.29, 1.82) is 0 Å². The van der Waals surface area contributed by atoms with E-state index in [2.05, 4.69) is 26.5 Å². The minimum absolute atomic E-state index is 0.158. The zero-order chi connectivity index (χ0) is 26.3. The summed E-state index contributed by atoms with van der Waals surface area (Å²) in [5.41, 5.74) is 2.12. The van der Waals surface area contributed by atoms with Crippen LogP contribution in [-0.2, 0) is 17.0 Å². The van der Waals surface area contributed by atoms with E-state index in [1.807, 2.05) is 24.3 Å². The number of aliphatic hydroxyl groups is 1. The lowest BCUT2D eigenvalue weighted by atomic mass is 9.85. The van der Waals surface area contributed by atoms with Crippen LogP contribution in [0.5, 0.6) is 5.75 Å². The zero-order valence-electron chi connectivity index (χ0n) is 19.5. The maximum absolute atomic E-state index is 13.2. The van der Waals surface area contributed by atoms with Gasteiger partial charge in [0.25, 0.3) is 11.6 Å². The van der Waals surface area contributed by atoms with E-state index in [0.717, 1.165) is 10.0 Å². The van der Waals surface area contributed by atoms with Gasteiger partial charge < -0.3 is 9.84 Å². The summed E-state index contributed by atoms with van der Waals surface area (Å²) in [7, 11) is 0. The van der Waals surface area contributed by atoms with E-state index in [0.29, 0.717) is 16.9 Å². The highest BCUT2D eigenvalue weighted by atomic mass is 79.9. The van der Waals surface area contributed by atoms with Crippen molar-refractivity contribution in [2.24, 2.45) is 5.10 Å². The van der Waals surface area contributed by atoms with Crippen molar-refractivity contribution in [3.8, 4) is 5.75 Å². The number of nitrogens with one attached hydrogen (secondary N) is 1. The Hall–Kier alpha value is -4.34. The number of halogens is 1. The monoisotopic (exact) mass is 559 g/mol. The van der Waals surface area contributed by atoms with E-state index >= 15 is 0 Å². The molecule has 4 rings (SSSR count). The minimum Gasteiger partial charge on any atom is -0.488 e. The first kappa shape index (κ1) is 25.7. The molecule has 0 aliphatic heterocycles. The summed E-state index contributed by atoms with van der Waals surface area (Å²) in [4.78, 5) is 24.0. The number of nitro groups is 1. The fourth-order valence-electron chi connectivity index (χ4n) is 3.65. The van der Waals surface area contributed by atoms with Gasteiger partial charge in [-0.25, -0.2) is 5.43 Å². The van der Waals surface area contributed by atoms with Gasteiger partial charge in [0.2, 0.25) is 0 Å². The van der Waals surface area contributed by atoms with Crippen molar-refractivity contribution in [3.05, 3.63) is 140 Å². The molecule has 0 atom stereocenters. The number of carbonyl (C=O) groups is 1. The summed E-state index contributed by atoms with van der Waals surface area (Å²) in [5.74, 6) is -0.447. The summed E-state index contributed by atoms with van der Waals surface area (Å²) >= 11 is 3.38. The van der Waals surface area contributed by atoms with Crippen molar-refractivity contribution in [2.45, 2.75) is 12.2 Å². The van der Waals surface area contributed by atoms with Crippen LogP contribution in [0.1, 0.15) is 22.3 Å². The van der Waals surface area contributed by atoms with Gasteiger partial charge in [-0.3, -0.25) is 14.9 Å². The second-order valence-corrected chi connectivity index (χ2v) is 8.95. The summed E-state index contributed by atoms with van der Waals surface area (Å²) in [5, 5.41) is 26.8. The number of non-ortho nitro benzene ring substituents is 1. The van der Waals surface area contributed by atoms with E-state index < -0.39 is 16.4 Å². The van der Waals surface area contributed by atoms with Crippen LogP contribution in [0.25, 0.3) is 0 Å². The van der Waals surface area contributed by atoms with Crippen LogP contribution in [0.3, 0.4) is 0 Å². The molecule has 0 radical (unpaired) electrons. The Morgan fingerprint density at radius 1 is 0.973 bits per heavy atom. The van der Waals surface area contributed by atoms with Crippen LogP contribution >= 0.6 is 15.9 Å². The molecule has 0 heterocycles. The highest BCUT2D eigenvalue weighted by Crippen LogP contribution is 2.30. The molecular weight excluding hydrogens is 538 g/mol. The zero-order valence-corrected chi connectivity index (χ0v) is 21.0. The number of rotatable bonds is 9. The van der Waals surface area contributed by atoms with E-state index in [1.165, 1.54) is 24.4 Å². The molecule has 0 saturated carbocycles. The van der Waals surface area contributed by atoms with Gasteiger partial charge in [0, 0.05) is 22.2 Å². The average molecular weight is 560 g/mol. The molecule has 37 heavy (non-hydrogen) atoms. The highest BCUT2D eigenvalue weighted by molar-refractivity contribution is 9.10. The average Bonchev–Trinajstić information content (AvgIpc) is 2.93. The Kier molecular flexibility index (Phi) is 8.07. The lowest BCUT2D eigenvalue weighted by molar-refractivity contribution is -0.384. The van der Waals surface area contributed by atoms with Gasteiger partial charge in [0.15, 0.2) is 5.60 Å². The van der Waals surface area contributed by atoms with Crippen molar-refractivity contribution in [2.75, 3.05) is 0 Å². The lowest BCUT2D eigenvalue weighted by Crippen LogP contribution is -2.43. The molecule has 4 aromatic rings. The smallest absolute Gasteiger partial charge is 0.281 e. The minimum atomic E-state index is -2.01. The Morgan fingerprint density at radius 2 is 1.57 bits per heavy atom. The Morgan fingerprint density at radius 3 is 2.14 bits per heavy atom. The van der Waals surface area contributed by atoms with Crippen LogP contribution in [-0.4, -0.2) is 22.2 Å². The maximum atomic E-state index is 13.2. The van der Waals surface area contributed by atoms with Crippen molar-refractivity contribution in [1.82, 2.24) is 5.43 Å². The van der Waals surface area contributed by atoms with E-state index in [9.17, 15) is 20.0 Å². The summed E-state index contributed by atoms with van der Waals surface area (Å²) in [6.45, 7) is 0.222. The third kappa shape index (κ3) is 6.08. The van der Waals surface area contributed by atoms with Crippen LogP contribution < -0.4 is 10.2 Å². The number of nitrogens with zero attached hydrogens (tertiary/aromatic N) is 2. The Labute approximate surface area is 221 Å². The topological polar surface area (TPSA) is 114 Å².